The van der Waals surface area contributed by atoms with Crippen LogP contribution in [0.2, 0.25) is 0 Å². The van der Waals surface area contributed by atoms with Gasteiger partial charge in [0.05, 0.1) is 5.41 Å². The van der Waals surface area contributed by atoms with Gasteiger partial charge in [-0.2, -0.15) is 0 Å². The third kappa shape index (κ3) is 4.22. The Hall–Kier alpha value is -1.06. The third-order valence-corrected chi connectivity index (χ3v) is 5.04. The highest BCUT2D eigenvalue weighted by atomic mass is 16.4. The molecule has 20 heavy (non-hydrogen) atoms. The van der Waals surface area contributed by atoms with Crippen LogP contribution in [-0.4, -0.2) is 23.0 Å². The smallest absolute Gasteiger partial charge is 0.310 e. The van der Waals surface area contributed by atoms with Crippen molar-refractivity contribution in [3.05, 3.63) is 0 Å². The van der Waals surface area contributed by atoms with Crippen molar-refractivity contribution in [3.8, 4) is 0 Å². The first-order chi connectivity index (χ1) is 9.27. The Morgan fingerprint density at radius 1 is 1.20 bits per heavy atom. The van der Waals surface area contributed by atoms with Crippen molar-refractivity contribution in [3.63, 3.8) is 0 Å². The van der Waals surface area contributed by atoms with Gasteiger partial charge in [0, 0.05) is 12.5 Å². The van der Waals surface area contributed by atoms with E-state index in [4.69, 9.17) is 0 Å². The van der Waals surface area contributed by atoms with Crippen molar-refractivity contribution in [2.45, 2.75) is 72.3 Å². The summed E-state index contributed by atoms with van der Waals surface area (Å²) in [6, 6.07) is 0.146. The van der Waals surface area contributed by atoms with Gasteiger partial charge in [0.1, 0.15) is 0 Å². The van der Waals surface area contributed by atoms with Crippen molar-refractivity contribution in [2.24, 2.45) is 17.3 Å². The largest absolute Gasteiger partial charge is 0.481 e. The molecule has 2 atom stereocenters. The summed E-state index contributed by atoms with van der Waals surface area (Å²) in [6.45, 7) is 7.41. The van der Waals surface area contributed by atoms with Crippen LogP contribution < -0.4 is 5.32 Å². The number of rotatable bonds is 6. The molecule has 0 saturated heterocycles. The van der Waals surface area contributed by atoms with Crippen LogP contribution in [0.3, 0.4) is 0 Å². The third-order valence-electron chi connectivity index (χ3n) is 5.04. The maximum absolute atomic E-state index is 12.1. The van der Waals surface area contributed by atoms with Crippen LogP contribution in [0.1, 0.15) is 66.2 Å². The van der Waals surface area contributed by atoms with Crippen LogP contribution in [-0.2, 0) is 9.59 Å². The molecule has 116 valence electrons. The molecule has 1 aliphatic rings. The summed E-state index contributed by atoms with van der Waals surface area (Å²) in [5, 5.41) is 12.4. The highest BCUT2D eigenvalue weighted by Gasteiger charge is 2.39. The molecular weight excluding hydrogens is 254 g/mol. The maximum Gasteiger partial charge on any atom is 0.310 e. The van der Waals surface area contributed by atoms with Crippen molar-refractivity contribution in [1.82, 2.24) is 5.32 Å². The topological polar surface area (TPSA) is 66.4 Å². The number of hydrogen-bond acceptors (Lipinski definition) is 2. The lowest BCUT2D eigenvalue weighted by molar-refractivity contribution is -0.153. The first kappa shape index (κ1) is 17.0. The number of nitrogens with one attached hydrogen (secondary N) is 1. The minimum Gasteiger partial charge on any atom is -0.481 e. The molecule has 0 radical (unpaired) electrons. The molecule has 1 fully saturated rings. The second-order valence-electron chi connectivity index (χ2n) is 6.81. The average Bonchev–Trinajstić information content (AvgIpc) is 2.38. The molecule has 1 aliphatic carbocycles. The monoisotopic (exact) mass is 283 g/mol. The molecule has 1 rings (SSSR count). The summed E-state index contributed by atoms with van der Waals surface area (Å²) in [6.07, 6.45) is 6.16. The predicted molar refractivity (Wildman–Crippen MR) is 79.4 cm³/mol. The number of hydrogen-bond donors (Lipinski definition) is 2. The van der Waals surface area contributed by atoms with E-state index in [1.54, 1.807) is 6.92 Å². The molecule has 1 saturated carbocycles. The lowest BCUT2D eigenvalue weighted by atomic mass is 9.76. The van der Waals surface area contributed by atoms with Crippen LogP contribution in [0.5, 0.6) is 0 Å². The van der Waals surface area contributed by atoms with Gasteiger partial charge in [-0.3, -0.25) is 9.59 Å². The SMILES string of the molecule is CC(C)C(C)(CC(=O)N[C@H](C)C1CCCCC1)C(=O)O. The standard InChI is InChI=1S/C16H29NO3/c1-11(2)16(4,15(19)20)10-14(18)17-12(3)13-8-6-5-7-9-13/h11-13H,5-10H2,1-4H3,(H,17,18)(H,19,20)/t12-,16?/m1/s1. The Morgan fingerprint density at radius 3 is 2.20 bits per heavy atom. The summed E-state index contributed by atoms with van der Waals surface area (Å²) < 4.78 is 0. The molecule has 4 nitrogen and oxygen atoms in total. The number of carbonyl (C=O) groups excluding carboxylic acids is 1. The predicted octanol–water partition coefficient (Wildman–Crippen LogP) is 3.21. The van der Waals surface area contributed by atoms with Crippen LogP contribution in [0.4, 0.5) is 0 Å². The van der Waals surface area contributed by atoms with E-state index in [2.05, 4.69) is 5.32 Å². The van der Waals surface area contributed by atoms with Crippen LogP contribution in [0.15, 0.2) is 0 Å². The fourth-order valence-corrected chi connectivity index (χ4v) is 2.92. The highest BCUT2D eigenvalue weighted by molar-refractivity contribution is 5.85. The first-order valence-corrected chi connectivity index (χ1v) is 7.80. The Kier molecular flexibility index (Phi) is 6.03. The summed E-state index contributed by atoms with van der Waals surface area (Å²) in [5.41, 5.74) is -0.990. The molecule has 0 aliphatic heterocycles. The van der Waals surface area contributed by atoms with E-state index in [1.165, 1.54) is 32.1 Å². The van der Waals surface area contributed by atoms with Gasteiger partial charge >= 0.3 is 5.97 Å². The molecule has 0 heterocycles. The summed E-state index contributed by atoms with van der Waals surface area (Å²) in [4.78, 5) is 23.6. The van der Waals surface area contributed by atoms with E-state index in [1.807, 2.05) is 20.8 Å². The second-order valence-corrected chi connectivity index (χ2v) is 6.81. The fraction of sp³-hybridized carbons (Fsp3) is 0.875. The van der Waals surface area contributed by atoms with E-state index in [9.17, 15) is 14.7 Å². The Labute approximate surface area is 122 Å². The zero-order chi connectivity index (χ0) is 15.3. The van der Waals surface area contributed by atoms with Gasteiger partial charge in [0.15, 0.2) is 0 Å². The van der Waals surface area contributed by atoms with Gasteiger partial charge in [-0.25, -0.2) is 0 Å². The molecule has 4 heteroatoms. The molecule has 2 N–H and O–H groups in total. The lowest BCUT2D eigenvalue weighted by Crippen LogP contribution is -2.44. The van der Waals surface area contributed by atoms with Gasteiger partial charge in [0.2, 0.25) is 5.91 Å². The molecule has 0 aromatic heterocycles. The van der Waals surface area contributed by atoms with Gasteiger partial charge in [-0.05, 0) is 38.5 Å². The zero-order valence-corrected chi connectivity index (χ0v) is 13.2. The normalized spacial score (nSPS) is 21.2. The number of amides is 1. The van der Waals surface area contributed by atoms with Crippen LogP contribution in [0.25, 0.3) is 0 Å². The molecule has 0 aromatic carbocycles. The molecule has 1 unspecified atom stereocenters. The fourth-order valence-electron chi connectivity index (χ4n) is 2.92. The number of carboxylic acid groups (broad SMARTS) is 1. The van der Waals surface area contributed by atoms with Crippen molar-refractivity contribution < 1.29 is 14.7 Å². The Bertz CT molecular complexity index is 348. The van der Waals surface area contributed by atoms with E-state index in [-0.39, 0.29) is 24.3 Å². The van der Waals surface area contributed by atoms with Crippen molar-refractivity contribution in [2.75, 3.05) is 0 Å². The van der Waals surface area contributed by atoms with Gasteiger partial charge in [-0.15, -0.1) is 0 Å². The summed E-state index contributed by atoms with van der Waals surface area (Å²) >= 11 is 0. The lowest BCUT2D eigenvalue weighted by Gasteiger charge is -2.31. The van der Waals surface area contributed by atoms with E-state index >= 15 is 0 Å². The molecule has 0 spiro atoms. The first-order valence-electron chi connectivity index (χ1n) is 7.80. The highest BCUT2D eigenvalue weighted by Crippen LogP contribution is 2.32. The Balaban J connectivity index is 2.55. The second kappa shape index (κ2) is 7.09. The van der Waals surface area contributed by atoms with Gasteiger partial charge < -0.3 is 10.4 Å². The van der Waals surface area contributed by atoms with E-state index in [0.29, 0.717) is 5.92 Å². The number of carbonyl (C=O) groups is 2. The maximum atomic E-state index is 12.1. The summed E-state index contributed by atoms with van der Waals surface area (Å²) in [5.74, 6) is -0.562. The molecular formula is C16H29NO3. The van der Waals surface area contributed by atoms with Gasteiger partial charge in [0.25, 0.3) is 0 Å². The quantitative estimate of drug-likeness (QED) is 0.786. The Morgan fingerprint density at radius 2 is 1.75 bits per heavy atom. The number of aliphatic carboxylic acids is 1. The molecule has 0 aromatic rings. The minimum absolute atomic E-state index is 0.0526. The van der Waals surface area contributed by atoms with Gasteiger partial charge in [-0.1, -0.05) is 33.1 Å². The van der Waals surface area contributed by atoms with Crippen LogP contribution >= 0.6 is 0 Å². The molecule has 1 amide bonds. The minimum atomic E-state index is -0.990. The van der Waals surface area contributed by atoms with Crippen LogP contribution in [0, 0.1) is 17.3 Å². The van der Waals surface area contributed by atoms with E-state index < -0.39 is 11.4 Å². The van der Waals surface area contributed by atoms with E-state index in [0.717, 1.165) is 0 Å². The molecule has 0 bridgehead atoms. The summed E-state index contributed by atoms with van der Waals surface area (Å²) in [7, 11) is 0. The van der Waals surface area contributed by atoms with Crippen molar-refractivity contribution in [1.29, 1.82) is 0 Å². The zero-order valence-electron chi connectivity index (χ0n) is 13.2. The van der Waals surface area contributed by atoms with Crippen molar-refractivity contribution >= 4 is 11.9 Å². The average molecular weight is 283 g/mol. The number of carboxylic acids is 1.